The number of nitrogens with one attached hydrogen (secondary N) is 1. The van der Waals surface area contributed by atoms with Gasteiger partial charge < -0.3 is 19.7 Å². The Bertz CT molecular complexity index is 1180. The van der Waals surface area contributed by atoms with E-state index < -0.39 is 5.82 Å². The third-order valence-corrected chi connectivity index (χ3v) is 7.50. The third-order valence-electron chi connectivity index (χ3n) is 6.71. The number of likely N-dealkylation sites (tertiary alicyclic amines) is 1. The average Bonchev–Trinajstić information content (AvgIpc) is 3.34. The Kier molecular flexibility index (Phi) is 6.20. The minimum Gasteiger partial charge on any atom is -0.493 e. The second-order valence-corrected chi connectivity index (χ2v) is 9.77. The zero-order valence-electron chi connectivity index (χ0n) is 18.4. The molecule has 6 nitrogen and oxygen atoms in total. The van der Waals surface area contributed by atoms with Crippen molar-refractivity contribution in [2.45, 2.75) is 12.8 Å². The van der Waals surface area contributed by atoms with Crippen molar-refractivity contribution in [2.75, 3.05) is 39.2 Å². The Morgan fingerprint density at radius 1 is 1.12 bits per heavy atom. The Labute approximate surface area is 202 Å². The molecule has 5 rings (SSSR count). The molecular weight excluding hydrogens is 466 g/mol. The van der Waals surface area contributed by atoms with Gasteiger partial charge in [0.15, 0.2) is 17.3 Å². The van der Waals surface area contributed by atoms with Crippen molar-refractivity contribution in [3.63, 3.8) is 0 Å². The molecule has 9 heteroatoms. The van der Waals surface area contributed by atoms with Crippen LogP contribution in [0.15, 0.2) is 30.6 Å². The topological polar surface area (TPSA) is 59.5 Å². The molecule has 2 aliphatic rings. The van der Waals surface area contributed by atoms with Crippen molar-refractivity contribution in [3.05, 3.63) is 46.5 Å². The molecule has 0 amide bonds. The highest BCUT2D eigenvalue weighted by atomic mass is 35.5. The monoisotopic (exact) mass is 490 g/mol. The lowest BCUT2D eigenvalue weighted by molar-refractivity contribution is 0.227. The summed E-state index contributed by atoms with van der Waals surface area (Å²) < 4.78 is 26.3. The predicted molar refractivity (Wildman–Crippen MR) is 128 cm³/mol. The van der Waals surface area contributed by atoms with Gasteiger partial charge in [-0.2, -0.15) is 0 Å². The molecule has 2 atom stereocenters. The second kappa shape index (κ2) is 9.12. The normalized spacial score (nSPS) is 20.9. The van der Waals surface area contributed by atoms with Crippen LogP contribution in [0, 0.1) is 23.6 Å². The van der Waals surface area contributed by atoms with E-state index in [2.05, 4.69) is 27.2 Å². The van der Waals surface area contributed by atoms with Crippen molar-refractivity contribution in [1.29, 1.82) is 0 Å². The minimum absolute atomic E-state index is 0.143. The second-order valence-electron chi connectivity index (χ2n) is 8.98. The van der Waals surface area contributed by atoms with E-state index in [-0.39, 0.29) is 15.7 Å². The van der Waals surface area contributed by atoms with E-state index >= 15 is 0 Å². The summed E-state index contributed by atoms with van der Waals surface area (Å²) in [5.41, 5.74) is 0.829. The van der Waals surface area contributed by atoms with Gasteiger partial charge in [-0.1, -0.05) is 23.2 Å². The zero-order chi connectivity index (χ0) is 23.1. The van der Waals surface area contributed by atoms with E-state index in [0.29, 0.717) is 40.7 Å². The maximum Gasteiger partial charge on any atom is 0.166 e. The van der Waals surface area contributed by atoms with Gasteiger partial charge in [0.1, 0.15) is 12.1 Å². The van der Waals surface area contributed by atoms with Gasteiger partial charge in [-0.3, -0.25) is 0 Å². The molecule has 0 unspecified atom stereocenters. The Hall–Kier alpha value is -2.35. The number of rotatable bonds is 6. The molecule has 1 N–H and O–H groups in total. The highest BCUT2D eigenvalue weighted by molar-refractivity contribution is 6.42. The molecule has 3 aromatic rings. The molecule has 1 aliphatic heterocycles. The lowest BCUT2D eigenvalue weighted by Crippen LogP contribution is -2.18. The number of benzene rings is 2. The number of anilines is 2. The van der Waals surface area contributed by atoms with E-state index in [1.54, 1.807) is 13.2 Å². The standard InChI is InChI=1S/C24H25Cl2FN4O2/c1-31-9-14-5-13(6-15(14)10-31)11-33-21-8-19-16(7-20(21)32-2)24(29-12-28-19)30-18-4-3-17(25)22(26)23(18)27/h3-4,7-8,12-15H,5-6,9-11H2,1-2H3,(H,28,29,30)/t14-,15-/m0/s1. The van der Waals surface area contributed by atoms with E-state index in [0.717, 1.165) is 11.8 Å². The van der Waals surface area contributed by atoms with Crippen LogP contribution in [-0.4, -0.2) is 48.7 Å². The molecule has 1 aromatic heterocycles. The van der Waals surface area contributed by atoms with Crippen LogP contribution in [0.5, 0.6) is 11.5 Å². The van der Waals surface area contributed by atoms with Gasteiger partial charge >= 0.3 is 0 Å². The van der Waals surface area contributed by atoms with E-state index in [1.165, 1.54) is 44.4 Å². The molecule has 0 radical (unpaired) electrons. The number of hydrogen-bond donors (Lipinski definition) is 1. The number of ether oxygens (including phenoxy) is 2. The van der Waals surface area contributed by atoms with E-state index in [9.17, 15) is 4.39 Å². The van der Waals surface area contributed by atoms with Crippen LogP contribution in [-0.2, 0) is 0 Å². The van der Waals surface area contributed by atoms with Crippen LogP contribution < -0.4 is 14.8 Å². The average molecular weight is 491 g/mol. The summed E-state index contributed by atoms with van der Waals surface area (Å²) in [7, 11) is 3.80. The number of nitrogens with zero attached hydrogens (tertiary/aromatic N) is 3. The van der Waals surface area contributed by atoms with Crippen LogP contribution >= 0.6 is 23.2 Å². The van der Waals surface area contributed by atoms with Gasteiger partial charge in [0.05, 0.1) is 35.0 Å². The maximum absolute atomic E-state index is 14.5. The number of aromatic nitrogens is 2. The molecule has 1 saturated heterocycles. The smallest absolute Gasteiger partial charge is 0.166 e. The first-order valence-electron chi connectivity index (χ1n) is 11.0. The molecule has 174 valence electrons. The fourth-order valence-electron chi connectivity index (χ4n) is 5.19. The van der Waals surface area contributed by atoms with E-state index in [4.69, 9.17) is 32.7 Å². The SMILES string of the molecule is COc1cc2c(Nc3ccc(Cl)c(Cl)c3F)ncnc2cc1OCC1C[C@H]2CN(C)C[C@@H]2C1. The van der Waals surface area contributed by atoms with Gasteiger partial charge in [0.2, 0.25) is 0 Å². The lowest BCUT2D eigenvalue weighted by Gasteiger charge is -2.17. The quantitative estimate of drug-likeness (QED) is 0.441. The predicted octanol–water partition coefficient (Wildman–Crippen LogP) is 5.79. The third kappa shape index (κ3) is 4.42. The van der Waals surface area contributed by atoms with Gasteiger partial charge in [0, 0.05) is 24.5 Å². The summed E-state index contributed by atoms with van der Waals surface area (Å²) in [6, 6.07) is 6.69. The van der Waals surface area contributed by atoms with Crippen molar-refractivity contribution < 1.29 is 13.9 Å². The summed E-state index contributed by atoms with van der Waals surface area (Å²) in [5, 5.41) is 3.66. The molecule has 33 heavy (non-hydrogen) atoms. The van der Waals surface area contributed by atoms with Crippen molar-refractivity contribution >= 4 is 45.6 Å². The number of halogens is 3. The Morgan fingerprint density at radius 3 is 2.61 bits per heavy atom. The van der Waals surface area contributed by atoms with Gasteiger partial charge in [-0.15, -0.1) is 0 Å². The van der Waals surface area contributed by atoms with Crippen LogP contribution in [0.2, 0.25) is 10.0 Å². The largest absolute Gasteiger partial charge is 0.493 e. The van der Waals surface area contributed by atoms with Gasteiger partial charge in [-0.05, 0) is 55.8 Å². The molecule has 0 spiro atoms. The zero-order valence-corrected chi connectivity index (χ0v) is 20.0. The molecular formula is C24H25Cl2FN4O2. The number of hydrogen-bond acceptors (Lipinski definition) is 6. The molecule has 2 heterocycles. The fraction of sp³-hybridized carbons (Fsp3) is 0.417. The molecule has 1 saturated carbocycles. The Morgan fingerprint density at radius 2 is 1.88 bits per heavy atom. The fourth-order valence-corrected chi connectivity index (χ4v) is 5.50. The highest BCUT2D eigenvalue weighted by Gasteiger charge is 2.39. The van der Waals surface area contributed by atoms with Crippen molar-refractivity contribution in [1.82, 2.24) is 14.9 Å². The number of methoxy groups -OCH3 is 1. The van der Waals surface area contributed by atoms with Crippen molar-refractivity contribution in [2.24, 2.45) is 17.8 Å². The minimum atomic E-state index is -0.643. The maximum atomic E-state index is 14.5. The van der Waals surface area contributed by atoms with E-state index in [1.807, 2.05) is 6.07 Å². The first-order chi connectivity index (χ1) is 15.9. The summed E-state index contributed by atoms with van der Waals surface area (Å²) >= 11 is 11.8. The molecule has 0 bridgehead atoms. The lowest BCUT2D eigenvalue weighted by atomic mass is 10.0. The highest BCUT2D eigenvalue weighted by Crippen LogP contribution is 2.42. The molecule has 2 aromatic carbocycles. The molecule has 1 aliphatic carbocycles. The van der Waals surface area contributed by atoms with Crippen LogP contribution in [0.3, 0.4) is 0 Å². The summed E-state index contributed by atoms with van der Waals surface area (Å²) in [5.74, 6) is 3.12. The van der Waals surface area contributed by atoms with Crippen LogP contribution in [0.25, 0.3) is 10.9 Å². The Balaban J connectivity index is 1.37. The van der Waals surface area contributed by atoms with Crippen molar-refractivity contribution in [3.8, 4) is 11.5 Å². The summed E-state index contributed by atoms with van der Waals surface area (Å²) in [4.78, 5) is 11.1. The van der Waals surface area contributed by atoms with Gasteiger partial charge in [-0.25, -0.2) is 14.4 Å². The first-order valence-corrected chi connectivity index (χ1v) is 11.7. The summed E-state index contributed by atoms with van der Waals surface area (Å²) in [6.45, 7) is 3.03. The molecule has 2 fully saturated rings. The van der Waals surface area contributed by atoms with Gasteiger partial charge in [0.25, 0.3) is 0 Å². The van der Waals surface area contributed by atoms with Crippen LogP contribution in [0.1, 0.15) is 12.8 Å². The summed E-state index contributed by atoms with van der Waals surface area (Å²) in [6.07, 6.45) is 3.83. The van der Waals surface area contributed by atoms with Crippen LogP contribution in [0.4, 0.5) is 15.9 Å². The number of fused-ring (bicyclic) bond motifs is 2. The first kappa shape index (κ1) is 22.4.